The lowest BCUT2D eigenvalue weighted by Crippen LogP contribution is -2.11. The summed E-state index contributed by atoms with van der Waals surface area (Å²) >= 11 is 0. The molecule has 6 aromatic carbocycles. The topological polar surface area (TPSA) is 27.0 Å². The molecule has 6 aromatic rings. The van der Waals surface area contributed by atoms with Crippen molar-refractivity contribution in [2.75, 3.05) is 4.90 Å². The number of benzene rings is 6. The predicted molar refractivity (Wildman–Crippen MR) is 153 cm³/mol. The van der Waals surface area contributed by atoms with Crippen LogP contribution in [0.25, 0.3) is 44.2 Å². The number of fused-ring (bicyclic) bond motifs is 3. The van der Waals surface area contributed by atoms with Crippen LogP contribution in [0.3, 0.4) is 0 Å². The van der Waals surface area contributed by atoms with Gasteiger partial charge >= 0.3 is 0 Å². The number of hydrogen-bond donors (Lipinski definition) is 0. The summed E-state index contributed by atoms with van der Waals surface area (Å²) in [6.45, 7) is 0. The van der Waals surface area contributed by atoms with Gasteiger partial charge in [0, 0.05) is 11.4 Å². The number of nitrogens with zero attached hydrogens (tertiary/aromatic N) is 2. The fourth-order valence-electron chi connectivity index (χ4n) is 5.62. The molecule has 37 heavy (non-hydrogen) atoms. The van der Waals surface area contributed by atoms with Crippen molar-refractivity contribution in [3.63, 3.8) is 0 Å². The quantitative estimate of drug-likeness (QED) is 0.256. The maximum absolute atomic E-state index is 9.79. The van der Waals surface area contributed by atoms with Crippen LogP contribution < -0.4 is 4.90 Å². The smallest absolute Gasteiger partial charge is 0.101 e. The van der Waals surface area contributed by atoms with Gasteiger partial charge in [0.2, 0.25) is 0 Å². The average molecular weight is 471 g/mol. The van der Waals surface area contributed by atoms with E-state index in [2.05, 4.69) is 102 Å². The minimum absolute atomic E-state index is 0.641. The third-order valence-corrected chi connectivity index (χ3v) is 7.26. The van der Waals surface area contributed by atoms with Crippen LogP contribution in [0, 0.1) is 11.3 Å². The molecule has 1 aliphatic rings. The van der Waals surface area contributed by atoms with Gasteiger partial charge in [-0.1, -0.05) is 97.1 Å². The molecule has 0 aromatic heterocycles. The van der Waals surface area contributed by atoms with Crippen LogP contribution in [0.4, 0.5) is 17.1 Å². The molecule has 2 nitrogen and oxygen atoms in total. The molecule has 0 spiro atoms. The van der Waals surface area contributed by atoms with Crippen LogP contribution in [0.15, 0.2) is 133 Å². The first-order chi connectivity index (χ1) is 18.3. The molecule has 0 aliphatic heterocycles. The Balaban J connectivity index is 1.36. The monoisotopic (exact) mass is 470 g/mol. The van der Waals surface area contributed by atoms with Gasteiger partial charge in [-0.25, -0.2) is 0 Å². The van der Waals surface area contributed by atoms with E-state index in [-0.39, 0.29) is 0 Å². The number of anilines is 3. The van der Waals surface area contributed by atoms with Crippen LogP contribution in [-0.2, 0) is 0 Å². The summed E-state index contributed by atoms with van der Waals surface area (Å²) in [5.41, 5.74) is 11.2. The summed E-state index contributed by atoms with van der Waals surface area (Å²) in [7, 11) is 0. The molecule has 0 amide bonds. The van der Waals surface area contributed by atoms with Gasteiger partial charge < -0.3 is 4.90 Å². The third kappa shape index (κ3) is 3.33. The highest BCUT2D eigenvalue weighted by Crippen LogP contribution is 2.49. The Hall–Kier alpha value is -5.13. The van der Waals surface area contributed by atoms with Crippen LogP contribution in [0.5, 0.6) is 0 Å². The van der Waals surface area contributed by atoms with Crippen molar-refractivity contribution in [3.05, 3.63) is 139 Å². The van der Waals surface area contributed by atoms with Crippen molar-refractivity contribution in [3.8, 4) is 39.4 Å². The molecule has 0 heterocycles. The molecule has 0 saturated carbocycles. The molecular weight excluding hydrogens is 448 g/mol. The van der Waals surface area contributed by atoms with Gasteiger partial charge in [-0.15, -0.1) is 0 Å². The zero-order chi connectivity index (χ0) is 24.8. The van der Waals surface area contributed by atoms with Crippen molar-refractivity contribution in [1.29, 1.82) is 5.26 Å². The molecule has 0 N–H and O–H groups in total. The molecule has 2 heteroatoms. The highest BCUT2D eigenvalue weighted by Gasteiger charge is 2.22. The maximum atomic E-state index is 9.79. The zero-order valence-electron chi connectivity index (χ0n) is 20.1. The molecule has 7 rings (SSSR count). The third-order valence-electron chi connectivity index (χ3n) is 7.26. The minimum Gasteiger partial charge on any atom is -0.309 e. The van der Waals surface area contributed by atoms with Gasteiger partial charge in [-0.2, -0.15) is 5.26 Å². The van der Waals surface area contributed by atoms with Gasteiger partial charge in [-0.05, 0) is 80.6 Å². The molecule has 0 saturated heterocycles. The van der Waals surface area contributed by atoms with E-state index >= 15 is 0 Å². The summed E-state index contributed by atoms with van der Waals surface area (Å²) in [4.78, 5) is 2.15. The van der Waals surface area contributed by atoms with E-state index < -0.39 is 0 Å². The van der Waals surface area contributed by atoms with Crippen LogP contribution >= 0.6 is 0 Å². The lowest BCUT2D eigenvalue weighted by atomic mass is 9.94. The van der Waals surface area contributed by atoms with E-state index in [1.165, 1.54) is 44.2 Å². The maximum Gasteiger partial charge on any atom is 0.101 e. The standard InChI is InChI=1S/C35H22N2/c36-23-25-9-4-7-16-34(25)37(26-10-2-1-3-11-26)27-19-17-24(18-20-27)28-21-22-33-30-13-6-5-12-29(30)32-15-8-14-31(28)35(32)33/h1-22H. The fourth-order valence-corrected chi connectivity index (χ4v) is 5.62. The van der Waals surface area contributed by atoms with Crippen LogP contribution in [0.1, 0.15) is 5.56 Å². The van der Waals surface area contributed by atoms with Crippen molar-refractivity contribution in [1.82, 2.24) is 0 Å². The Bertz CT molecular complexity index is 1800. The van der Waals surface area contributed by atoms with E-state index in [0.717, 1.165) is 17.1 Å². The molecule has 0 unspecified atom stereocenters. The van der Waals surface area contributed by atoms with Gasteiger partial charge in [-0.3, -0.25) is 0 Å². The summed E-state index contributed by atoms with van der Waals surface area (Å²) in [5.74, 6) is 0. The number of nitriles is 1. The Morgan fingerprint density at radius 1 is 0.459 bits per heavy atom. The number of para-hydroxylation sites is 2. The summed E-state index contributed by atoms with van der Waals surface area (Å²) in [6.07, 6.45) is 0. The predicted octanol–water partition coefficient (Wildman–Crippen LogP) is 9.50. The first-order valence-electron chi connectivity index (χ1n) is 12.4. The Morgan fingerprint density at radius 2 is 1.05 bits per heavy atom. The van der Waals surface area contributed by atoms with Crippen molar-refractivity contribution >= 4 is 27.8 Å². The first kappa shape index (κ1) is 21.2. The Kier molecular flexibility index (Phi) is 4.87. The first-order valence-corrected chi connectivity index (χ1v) is 12.4. The summed E-state index contributed by atoms with van der Waals surface area (Å²) < 4.78 is 0. The zero-order valence-corrected chi connectivity index (χ0v) is 20.1. The largest absolute Gasteiger partial charge is 0.309 e. The van der Waals surface area contributed by atoms with Crippen molar-refractivity contribution in [2.45, 2.75) is 0 Å². The normalized spacial score (nSPS) is 11.2. The Labute approximate surface area is 216 Å². The summed E-state index contributed by atoms with van der Waals surface area (Å²) in [6, 6.07) is 48.8. The van der Waals surface area contributed by atoms with Gasteiger partial charge in [0.1, 0.15) is 6.07 Å². The average Bonchev–Trinajstić information content (AvgIpc) is 3.30. The molecule has 1 aliphatic carbocycles. The van der Waals surface area contributed by atoms with E-state index in [1.807, 2.05) is 42.5 Å². The van der Waals surface area contributed by atoms with Gasteiger partial charge in [0.25, 0.3) is 0 Å². The molecule has 172 valence electrons. The highest BCUT2D eigenvalue weighted by atomic mass is 15.1. The lowest BCUT2D eigenvalue weighted by molar-refractivity contribution is 1.27. The Morgan fingerprint density at radius 3 is 1.81 bits per heavy atom. The molecule has 0 atom stereocenters. The van der Waals surface area contributed by atoms with Crippen molar-refractivity contribution in [2.24, 2.45) is 0 Å². The van der Waals surface area contributed by atoms with Gasteiger partial charge in [0.05, 0.1) is 11.3 Å². The SMILES string of the molecule is N#Cc1ccccc1N(c1ccccc1)c1ccc(-c2ccc3c4c(cccc24)-c2ccccc2-3)cc1. The van der Waals surface area contributed by atoms with Crippen molar-refractivity contribution < 1.29 is 0 Å². The molecule has 0 fully saturated rings. The van der Waals surface area contributed by atoms with E-state index in [4.69, 9.17) is 0 Å². The van der Waals surface area contributed by atoms with Gasteiger partial charge in [0.15, 0.2) is 0 Å². The minimum atomic E-state index is 0.641. The number of hydrogen-bond acceptors (Lipinski definition) is 2. The van der Waals surface area contributed by atoms with E-state index in [0.29, 0.717) is 5.56 Å². The number of rotatable bonds is 4. The molecule has 0 radical (unpaired) electrons. The van der Waals surface area contributed by atoms with Crippen LogP contribution in [-0.4, -0.2) is 0 Å². The lowest BCUT2D eigenvalue weighted by Gasteiger charge is -2.26. The van der Waals surface area contributed by atoms with Crippen LogP contribution in [0.2, 0.25) is 0 Å². The second kappa shape index (κ2) is 8.52. The molecule has 0 bridgehead atoms. The van der Waals surface area contributed by atoms with E-state index in [1.54, 1.807) is 0 Å². The highest BCUT2D eigenvalue weighted by molar-refractivity contribution is 6.18. The van der Waals surface area contributed by atoms with E-state index in [9.17, 15) is 5.26 Å². The second-order valence-electron chi connectivity index (χ2n) is 9.28. The fraction of sp³-hybridized carbons (Fsp3) is 0. The molecular formula is C35H22N2. The second-order valence-corrected chi connectivity index (χ2v) is 9.28. The summed E-state index contributed by atoms with van der Waals surface area (Å²) in [5, 5.41) is 12.4.